The lowest BCUT2D eigenvalue weighted by Crippen LogP contribution is -2.38. The Morgan fingerprint density at radius 3 is 2.73 bits per heavy atom. The highest BCUT2D eigenvalue weighted by atomic mass is 19.4. The number of allylic oxidation sites excluding steroid dienone is 2. The van der Waals surface area contributed by atoms with Crippen LogP contribution in [-0.2, 0) is 11.0 Å². The van der Waals surface area contributed by atoms with Crippen LogP contribution < -0.4 is 0 Å². The number of fused-ring (bicyclic) bond motifs is 2. The number of carbonyl (C=O) groups excluding carboxylic acids is 2. The molecule has 22 heavy (non-hydrogen) atoms. The summed E-state index contributed by atoms with van der Waals surface area (Å²) in [5.41, 5.74) is -2.01. The molecule has 1 fully saturated rings. The van der Waals surface area contributed by atoms with Crippen LogP contribution in [0.4, 0.5) is 13.2 Å². The third-order valence-electron chi connectivity index (χ3n) is 4.60. The normalized spacial score (nSPS) is 27.3. The smallest absolute Gasteiger partial charge is 0.294 e. The van der Waals surface area contributed by atoms with Gasteiger partial charge in [0.15, 0.2) is 11.6 Å². The number of ketones is 2. The van der Waals surface area contributed by atoms with Crippen LogP contribution >= 0.6 is 0 Å². The second-order valence-corrected chi connectivity index (χ2v) is 5.96. The number of halogens is 3. The molecule has 0 aliphatic heterocycles. The number of hydrogen-bond donors (Lipinski definition) is 0. The zero-order valence-electron chi connectivity index (χ0n) is 11.9. The maximum absolute atomic E-state index is 12.8. The van der Waals surface area contributed by atoms with E-state index in [4.69, 9.17) is 0 Å². The van der Waals surface area contributed by atoms with Gasteiger partial charge in [-0.05, 0) is 50.3 Å². The van der Waals surface area contributed by atoms with E-state index in [-0.39, 0.29) is 23.0 Å². The Balaban J connectivity index is 2.00. The van der Waals surface area contributed by atoms with E-state index >= 15 is 0 Å². The zero-order chi connectivity index (χ0) is 16.1. The molecule has 2 atom stereocenters. The number of hydrogen-bond acceptors (Lipinski definition) is 3. The predicted octanol–water partition coefficient (Wildman–Crippen LogP) is 3.52. The molecule has 0 amide bonds. The molecule has 2 aliphatic rings. The molecule has 2 unspecified atom stereocenters. The van der Waals surface area contributed by atoms with Crippen molar-refractivity contribution in [2.24, 2.45) is 11.3 Å². The molecular formula is C16H14F3NO2. The Morgan fingerprint density at radius 2 is 2.09 bits per heavy atom. The molecule has 1 heterocycles. The molecule has 3 rings (SSSR count). The number of rotatable bonds is 2. The van der Waals surface area contributed by atoms with Gasteiger partial charge < -0.3 is 0 Å². The number of carbonyl (C=O) groups is 2. The molecule has 1 aromatic rings. The summed E-state index contributed by atoms with van der Waals surface area (Å²) in [6, 6.07) is 1.94. The van der Waals surface area contributed by atoms with Crippen LogP contribution in [0.2, 0.25) is 0 Å². The number of nitrogens with zero attached hydrogens (tertiary/aromatic N) is 1. The molecule has 116 valence electrons. The molecule has 1 aromatic heterocycles. The summed E-state index contributed by atoms with van der Waals surface area (Å²) in [6.45, 7) is 1.37. The highest BCUT2D eigenvalue weighted by molar-refractivity contribution is 6.18. The molecule has 0 radical (unpaired) electrons. The second kappa shape index (κ2) is 4.76. The summed E-state index contributed by atoms with van der Waals surface area (Å²) in [4.78, 5) is 28.5. The standard InChI is InChI=1S/C16H14F3NO2/c1-9-11(3-4-12(20-9)16(17,18)19)14(22)15-7-6-10(8-15)2-5-13(15)21/h2-5,10H,6-8H2,1H3. The minimum Gasteiger partial charge on any atom is -0.294 e. The van der Waals surface area contributed by atoms with Gasteiger partial charge in [-0.3, -0.25) is 9.59 Å². The summed E-state index contributed by atoms with van der Waals surface area (Å²) >= 11 is 0. The van der Waals surface area contributed by atoms with Crippen LogP contribution in [0.5, 0.6) is 0 Å². The molecule has 3 nitrogen and oxygen atoms in total. The van der Waals surface area contributed by atoms with Crippen molar-refractivity contribution in [3.05, 3.63) is 41.2 Å². The first-order chi connectivity index (χ1) is 10.2. The van der Waals surface area contributed by atoms with Gasteiger partial charge in [-0.25, -0.2) is 4.98 Å². The second-order valence-electron chi connectivity index (χ2n) is 5.96. The monoisotopic (exact) mass is 309 g/mol. The average Bonchev–Trinajstić information content (AvgIpc) is 2.82. The Morgan fingerprint density at radius 1 is 1.36 bits per heavy atom. The van der Waals surface area contributed by atoms with Crippen LogP contribution in [0.25, 0.3) is 0 Å². The highest BCUT2D eigenvalue weighted by Crippen LogP contribution is 2.48. The molecule has 2 bridgehead atoms. The molecule has 6 heteroatoms. The van der Waals surface area contributed by atoms with Gasteiger partial charge in [0, 0.05) is 11.3 Å². The summed E-state index contributed by atoms with van der Waals surface area (Å²) in [5.74, 6) is -0.446. The Labute approximate surface area is 125 Å². The predicted molar refractivity (Wildman–Crippen MR) is 72.2 cm³/mol. The molecule has 0 N–H and O–H groups in total. The van der Waals surface area contributed by atoms with E-state index in [0.29, 0.717) is 12.8 Å². The summed E-state index contributed by atoms with van der Waals surface area (Å²) in [5, 5.41) is 0. The maximum Gasteiger partial charge on any atom is 0.433 e. The third-order valence-corrected chi connectivity index (χ3v) is 4.60. The summed E-state index contributed by atoms with van der Waals surface area (Å²) < 4.78 is 38.0. The number of alkyl halides is 3. The first kappa shape index (κ1) is 14.9. The molecule has 1 saturated carbocycles. The quantitative estimate of drug-likeness (QED) is 0.620. The number of Topliss-reactive ketones (excluding diaryl/α,β-unsaturated/α-hetero) is 1. The number of pyridine rings is 1. The van der Waals surface area contributed by atoms with Crippen LogP contribution in [0.15, 0.2) is 24.3 Å². The minimum absolute atomic E-state index is 0.0139. The van der Waals surface area contributed by atoms with Gasteiger partial charge >= 0.3 is 6.18 Å². The fourth-order valence-electron chi connectivity index (χ4n) is 3.39. The van der Waals surface area contributed by atoms with E-state index in [1.165, 1.54) is 13.0 Å². The number of aryl methyl sites for hydroxylation is 1. The largest absolute Gasteiger partial charge is 0.433 e. The summed E-state index contributed by atoms with van der Waals surface area (Å²) in [7, 11) is 0. The molecule has 0 aromatic carbocycles. The van der Waals surface area contributed by atoms with Crippen molar-refractivity contribution in [1.29, 1.82) is 0 Å². The first-order valence-corrected chi connectivity index (χ1v) is 7.06. The van der Waals surface area contributed by atoms with Gasteiger partial charge in [-0.1, -0.05) is 6.08 Å². The van der Waals surface area contributed by atoms with Crippen molar-refractivity contribution < 1.29 is 22.8 Å². The first-order valence-electron chi connectivity index (χ1n) is 7.06. The minimum atomic E-state index is -4.55. The Hall–Kier alpha value is -1.98. The molecule has 2 aliphatic carbocycles. The topological polar surface area (TPSA) is 47.0 Å². The fraction of sp³-hybridized carbons (Fsp3) is 0.438. The highest BCUT2D eigenvalue weighted by Gasteiger charge is 2.51. The van der Waals surface area contributed by atoms with Crippen LogP contribution in [-0.4, -0.2) is 16.6 Å². The maximum atomic E-state index is 12.8. The van der Waals surface area contributed by atoms with E-state index in [9.17, 15) is 22.8 Å². The van der Waals surface area contributed by atoms with Gasteiger partial charge in [0.1, 0.15) is 5.69 Å². The van der Waals surface area contributed by atoms with Crippen molar-refractivity contribution in [3.63, 3.8) is 0 Å². The van der Waals surface area contributed by atoms with E-state index in [2.05, 4.69) is 4.98 Å². The van der Waals surface area contributed by atoms with Gasteiger partial charge in [0.05, 0.1) is 5.41 Å². The lowest BCUT2D eigenvalue weighted by Gasteiger charge is -2.27. The zero-order valence-corrected chi connectivity index (χ0v) is 11.9. The van der Waals surface area contributed by atoms with Crippen molar-refractivity contribution >= 4 is 11.6 Å². The van der Waals surface area contributed by atoms with Gasteiger partial charge in [-0.15, -0.1) is 0 Å². The SMILES string of the molecule is Cc1nc(C(F)(F)F)ccc1C(=O)C12CCC(C=CC1=O)C2. The van der Waals surface area contributed by atoms with Gasteiger partial charge in [-0.2, -0.15) is 13.2 Å². The van der Waals surface area contributed by atoms with E-state index < -0.39 is 23.1 Å². The van der Waals surface area contributed by atoms with Gasteiger partial charge in [0.2, 0.25) is 0 Å². The summed E-state index contributed by atoms with van der Waals surface area (Å²) in [6.07, 6.45) is 0.350. The van der Waals surface area contributed by atoms with E-state index in [0.717, 1.165) is 18.6 Å². The van der Waals surface area contributed by atoms with Crippen LogP contribution in [0.3, 0.4) is 0 Å². The number of aromatic nitrogens is 1. The van der Waals surface area contributed by atoms with E-state index in [1.54, 1.807) is 0 Å². The van der Waals surface area contributed by atoms with Crippen molar-refractivity contribution in [2.45, 2.75) is 32.4 Å². The fourth-order valence-corrected chi connectivity index (χ4v) is 3.39. The third kappa shape index (κ3) is 2.17. The molecule has 0 spiro atoms. The Kier molecular flexibility index (Phi) is 3.23. The van der Waals surface area contributed by atoms with Crippen molar-refractivity contribution in [2.75, 3.05) is 0 Å². The molecular weight excluding hydrogens is 295 g/mol. The van der Waals surface area contributed by atoms with Gasteiger partial charge in [0.25, 0.3) is 0 Å². The lowest BCUT2D eigenvalue weighted by atomic mass is 9.72. The van der Waals surface area contributed by atoms with Crippen LogP contribution in [0, 0.1) is 18.3 Å². The average molecular weight is 309 g/mol. The lowest BCUT2D eigenvalue weighted by molar-refractivity contribution is -0.141. The van der Waals surface area contributed by atoms with Crippen molar-refractivity contribution in [1.82, 2.24) is 4.98 Å². The Bertz CT molecular complexity index is 693. The van der Waals surface area contributed by atoms with Crippen molar-refractivity contribution in [3.8, 4) is 0 Å². The molecule has 0 saturated heterocycles. The van der Waals surface area contributed by atoms with Crippen LogP contribution in [0.1, 0.15) is 41.0 Å². The van der Waals surface area contributed by atoms with E-state index in [1.807, 2.05) is 6.08 Å².